The molecule has 0 aliphatic rings. The molecule has 0 bridgehead atoms. The van der Waals surface area contributed by atoms with Crippen LogP contribution in [0.15, 0.2) is 34.8 Å². The summed E-state index contributed by atoms with van der Waals surface area (Å²) in [6.07, 6.45) is 0. The van der Waals surface area contributed by atoms with Crippen LogP contribution in [-0.2, 0) is 0 Å². The molecule has 0 spiro atoms. The van der Waals surface area contributed by atoms with E-state index in [4.69, 9.17) is 4.74 Å². The van der Waals surface area contributed by atoms with Crippen LogP contribution in [0.4, 0.5) is 19.3 Å². The van der Waals surface area contributed by atoms with Crippen LogP contribution >= 0.6 is 15.9 Å². The van der Waals surface area contributed by atoms with E-state index in [1.165, 1.54) is 6.07 Å². The number of hydrogen-bond donors (Lipinski definition) is 2. The summed E-state index contributed by atoms with van der Waals surface area (Å²) in [5.74, 6) is -1.70. The fourth-order valence-electron chi connectivity index (χ4n) is 2.17. The summed E-state index contributed by atoms with van der Waals surface area (Å²) in [6.45, 7) is 4.16. The Hall–Kier alpha value is -2.15. The zero-order valence-electron chi connectivity index (χ0n) is 13.3. The molecule has 24 heavy (non-hydrogen) atoms. The van der Waals surface area contributed by atoms with Crippen LogP contribution in [0, 0.1) is 25.5 Å². The minimum Gasteiger partial charge on any atom is -0.492 e. The van der Waals surface area contributed by atoms with Gasteiger partial charge < -0.3 is 15.4 Å². The molecule has 0 aromatic heterocycles. The van der Waals surface area contributed by atoms with Crippen molar-refractivity contribution in [3.05, 3.63) is 57.6 Å². The van der Waals surface area contributed by atoms with Crippen molar-refractivity contribution < 1.29 is 18.3 Å². The Bertz CT molecular complexity index is 730. The lowest BCUT2D eigenvalue weighted by molar-refractivity contribution is 0.247. The lowest BCUT2D eigenvalue weighted by Crippen LogP contribution is -2.32. The number of nitrogens with one attached hydrogen (secondary N) is 2. The van der Waals surface area contributed by atoms with Gasteiger partial charge in [0.25, 0.3) is 0 Å². The number of carbonyl (C=O) groups is 1. The summed E-state index contributed by atoms with van der Waals surface area (Å²) in [5.41, 5.74) is 2.63. The van der Waals surface area contributed by atoms with E-state index >= 15 is 0 Å². The van der Waals surface area contributed by atoms with E-state index in [2.05, 4.69) is 26.6 Å². The zero-order chi connectivity index (χ0) is 17.7. The van der Waals surface area contributed by atoms with Crippen molar-refractivity contribution in [1.29, 1.82) is 0 Å². The van der Waals surface area contributed by atoms with E-state index in [0.29, 0.717) is 0 Å². The number of urea groups is 1. The van der Waals surface area contributed by atoms with Gasteiger partial charge in [0, 0.05) is 16.2 Å². The molecule has 2 rings (SSSR count). The molecule has 2 N–H and O–H groups in total. The van der Waals surface area contributed by atoms with Gasteiger partial charge in [-0.25, -0.2) is 13.6 Å². The molecule has 4 nitrogen and oxygen atoms in total. The predicted octanol–water partition coefficient (Wildman–Crippen LogP) is 4.54. The highest BCUT2D eigenvalue weighted by atomic mass is 79.9. The van der Waals surface area contributed by atoms with Gasteiger partial charge in [0.05, 0.1) is 6.54 Å². The molecule has 2 aromatic carbocycles. The highest BCUT2D eigenvalue weighted by molar-refractivity contribution is 9.10. The quantitative estimate of drug-likeness (QED) is 0.726. The van der Waals surface area contributed by atoms with Gasteiger partial charge >= 0.3 is 6.03 Å². The molecular weight excluding hydrogens is 382 g/mol. The van der Waals surface area contributed by atoms with Gasteiger partial charge in [-0.3, -0.25) is 0 Å². The Balaban J connectivity index is 1.80. The van der Waals surface area contributed by atoms with Gasteiger partial charge in [0.15, 0.2) is 11.6 Å². The average molecular weight is 399 g/mol. The van der Waals surface area contributed by atoms with Crippen molar-refractivity contribution >= 4 is 27.6 Å². The molecule has 7 heteroatoms. The molecule has 2 aromatic rings. The molecule has 0 heterocycles. The van der Waals surface area contributed by atoms with Gasteiger partial charge in [-0.15, -0.1) is 0 Å². The number of halogens is 3. The molecule has 0 unspecified atom stereocenters. The van der Waals surface area contributed by atoms with Gasteiger partial charge in [-0.05, 0) is 49.2 Å². The number of ether oxygens (including phenoxy) is 1. The maximum absolute atomic E-state index is 13.0. The van der Waals surface area contributed by atoms with E-state index in [0.717, 1.165) is 33.4 Å². The van der Waals surface area contributed by atoms with E-state index in [9.17, 15) is 13.6 Å². The summed E-state index contributed by atoms with van der Waals surface area (Å²) < 4.78 is 32.0. The summed E-state index contributed by atoms with van der Waals surface area (Å²) >= 11 is 3.40. The predicted molar refractivity (Wildman–Crippen MR) is 92.5 cm³/mol. The number of carbonyl (C=O) groups excluding carboxylic acids is 1. The summed E-state index contributed by atoms with van der Waals surface area (Å²) in [4.78, 5) is 11.9. The monoisotopic (exact) mass is 398 g/mol. The first-order valence-corrected chi connectivity index (χ1v) is 8.05. The molecule has 0 radical (unpaired) electrons. The molecular formula is C17H17BrF2N2O2. The lowest BCUT2D eigenvalue weighted by Gasteiger charge is -2.13. The third-order valence-corrected chi connectivity index (χ3v) is 3.74. The second-order valence-corrected chi connectivity index (χ2v) is 6.14. The summed E-state index contributed by atoms with van der Waals surface area (Å²) in [7, 11) is 0. The first kappa shape index (κ1) is 18.2. The second kappa shape index (κ2) is 8.10. The van der Waals surface area contributed by atoms with Crippen molar-refractivity contribution in [1.82, 2.24) is 5.32 Å². The van der Waals surface area contributed by atoms with E-state index < -0.39 is 11.6 Å². The van der Waals surface area contributed by atoms with Crippen molar-refractivity contribution in [2.75, 3.05) is 18.5 Å². The summed E-state index contributed by atoms with van der Waals surface area (Å²) in [5, 5.41) is 5.43. The number of hydrogen-bond acceptors (Lipinski definition) is 2. The van der Waals surface area contributed by atoms with Gasteiger partial charge in [-0.1, -0.05) is 15.9 Å². The average Bonchev–Trinajstić information content (AvgIpc) is 2.51. The topological polar surface area (TPSA) is 50.4 Å². The standard InChI is InChI=1S/C17H17BrF2N2O2/c1-10-7-12(18)8-11(2)16(10)22-17(23)21-5-6-24-13-3-4-14(19)15(20)9-13/h3-4,7-9H,5-6H2,1-2H3,(H2,21,22,23). The SMILES string of the molecule is Cc1cc(Br)cc(C)c1NC(=O)NCCOc1ccc(F)c(F)c1. The fourth-order valence-corrected chi connectivity index (χ4v) is 2.85. The highest BCUT2D eigenvalue weighted by Gasteiger charge is 2.08. The molecule has 128 valence electrons. The third kappa shape index (κ3) is 4.92. The van der Waals surface area contributed by atoms with Crippen LogP contribution in [0.25, 0.3) is 0 Å². The maximum atomic E-state index is 13.0. The number of aryl methyl sites for hydroxylation is 2. The Labute approximate surface area is 147 Å². The number of benzene rings is 2. The Morgan fingerprint density at radius 1 is 1.12 bits per heavy atom. The van der Waals surface area contributed by atoms with Crippen molar-refractivity contribution in [3.8, 4) is 5.75 Å². The first-order chi connectivity index (χ1) is 11.4. The van der Waals surface area contributed by atoms with E-state index in [1.54, 1.807) is 0 Å². The number of rotatable bonds is 5. The van der Waals surface area contributed by atoms with Crippen LogP contribution in [0.1, 0.15) is 11.1 Å². The molecule has 0 saturated carbocycles. The van der Waals surface area contributed by atoms with Gasteiger partial charge in [0.1, 0.15) is 12.4 Å². The smallest absolute Gasteiger partial charge is 0.319 e. The second-order valence-electron chi connectivity index (χ2n) is 5.22. The van der Waals surface area contributed by atoms with Crippen molar-refractivity contribution in [2.45, 2.75) is 13.8 Å². The van der Waals surface area contributed by atoms with E-state index in [1.807, 2.05) is 26.0 Å². The van der Waals surface area contributed by atoms with Crippen LogP contribution in [-0.4, -0.2) is 19.2 Å². The molecule has 0 fully saturated rings. The molecule has 0 atom stereocenters. The maximum Gasteiger partial charge on any atom is 0.319 e. The Kier molecular flexibility index (Phi) is 6.14. The molecule has 0 aliphatic heterocycles. The third-order valence-electron chi connectivity index (χ3n) is 3.28. The van der Waals surface area contributed by atoms with Gasteiger partial charge in [0.2, 0.25) is 0 Å². The minimum absolute atomic E-state index is 0.136. The van der Waals surface area contributed by atoms with E-state index in [-0.39, 0.29) is 24.9 Å². The first-order valence-electron chi connectivity index (χ1n) is 7.26. The largest absolute Gasteiger partial charge is 0.492 e. The lowest BCUT2D eigenvalue weighted by atomic mass is 10.1. The van der Waals surface area contributed by atoms with Gasteiger partial charge in [-0.2, -0.15) is 0 Å². The van der Waals surface area contributed by atoms with Crippen LogP contribution in [0.3, 0.4) is 0 Å². The van der Waals surface area contributed by atoms with Crippen LogP contribution in [0.5, 0.6) is 5.75 Å². The summed E-state index contributed by atoms with van der Waals surface area (Å²) in [6, 6.07) is 6.74. The van der Waals surface area contributed by atoms with Crippen molar-refractivity contribution in [2.24, 2.45) is 0 Å². The molecule has 0 aliphatic carbocycles. The molecule has 2 amide bonds. The Morgan fingerprint density at radius 3 is 2.42 bits per heavy atom. The number of amides is 2. The molecule has 0 saturated heterocycles. The van der Waals surface area contributed by atoms with Crippen LogP contribution < -0.4 is 15.4 Å². The number of anilines is 1. The normalized spacial score (nSPS) is 10.4. The van der Waals surface area contributed by atoms with Crippen LogP contribution in [0.2, 0.25) is 0 Å². The van der Waals surface area contributed by atoms with Crippen molar-refractivity contribution in [3.63, 3.8) is 0 Å². The fraction of sp³-hybridized carbons (Fsp3) is 0.235. The minimum atomic E-state index is -0.973. The highest BCUT2D eigenvalue weighted by Crippen LogP contribution is 2.24. The Morgan fingerprint density at radius 2 is 1.79 bits per heavy atom. The zero-order valence-corrected chi connectivity index (χ0v) is 14.8.